The summed E-state index contributed by atoms with van der Waals surface area (Å²) >= 11 is 0. The molecule has 2 amide bonds. The summed E-state index contributed by atoms with van der Waals surface area (Å²) in [5, 5.41) is 8.80. The van der Waals surface area contributed by atoms with E-state index in [1.54, 1.807) is 17.0 Å². The second-order valence-electron chi connectivity index (χ2n) is 4.68. The van der Waals surface area contributed by atoms with Crippen LogP contribution in [0.25, 0.3) is 0 Å². The van der Waals surface area contributed by atoms with E-state index >= 15 is 0 Å². The minimum absolute atomic E-state index is 0.311. The largest absolute Gasteiger partial charge is 0.333 e. The number of amides is 2. The van der Waals surface area contributed by atoms with Gasteiger partial charge in [0.05, 0.1) is 0 Å². The molecule has 1 aliphatic heterocycles. The highest BCUT2D eigenvalue weighted by Crippen LogP contribution is 2.11. The zero-order chi connectivity index (χ0) is 14.5. The molecule has 1 aliphatic rings. The predicted octanol–water partition coefficient (Wildman–Crippen LogP) is 0.534. The van der Waals surface area contributed by atoms with Crippen molar-refractivity contribution in [2.24, 2.45) is 0 Å². The van der Waals surface area contributed by atoms with Gasteiger partial charge in [-0.15, -0.1) is 0 Å². The van der Waals surface area contributed by atoms with Gasteiger partial charge in [-0.2, -0.15) is 5.26 Å². The normalized spacial score (nSPS) is 15.4. The highest BCUT2D eigenvalue weighted by Gasteiger charge is 2.31. The molecule has 0 aromatic carbocycles. The number of carbonyl (C=O) groups is 2. The number of nitriles is 1. The van der Waals surface area contributed by atoms with E-state index in [9.17, 15) is 9.59 Å². The van der Waals surface area contributed by atoms with Crippen LogP contribution in [0.2, 0.25) is 0 Å². The number of rotatable bonds is 4. The topological polar surface area (TPSA) is 77.3 Å². The quantitative estimate of drug-likeness (QED) is 0.749. The lowest BCUT2D eigenvalue weighted by atomic mass is 10.2. The Morgan fingerprint density at radius 2 is 2.00 bits per heavy atom. The van der Waals surface area contributed by atoms with Crippen LogP contribution in [0.4, 0.5) is 0 Å². The summed E-state index contributed by atoms with van der Waals surface area (Å²) in [5.41, 5.74) is 1.12. The molecule has 6 nitrogen and oxygen atoms in total. The lowest BCUT2D eigenvalue weighted by molar-refractivity contribution is -0.156. The third-order valence-electron chi connectivity index (χ3n) is 3.20. The maximum absolute atomic E-state index is 12.0. The molecule has 0 aliphatic carbocycles. The van der Waals surface area contributed by atoms with Crippen molar-refractivity contribution in [3.8, 4) is 6.07 Å². The Kier molecular flexibility index (Phi) is 4.31. The van der Waals surface area contributed by atoms with E-state index in [-0.39, 0.29) is 0 Å². The molecular weight excluding hydrogens is 256 g/mol. The molecule has 0 saturated carbocycles. The van der Waals surface area contributed by atoms with Crippen LogP contribution in [0, 0.1) is 11.3 Å². The molecule has 0 unspecified atom stereocenters. The van der Waals surface area contributed by atoms with Crippen molar-refractivity contribution in [3.05, 3.63) is 29.6 Å². The molecule has 1 aromatic heterocycles. The van der Waals surface area contributed by atoms with Gasteiger partial charge in [0.25, 0.3) is 0 Å². The van der Waals surface area contributed by atoms with E-state index in [0.29, 0.717) is 31.9 Å². The molecule has 2 heterocycles. The van der Waals surface area contributed by atoms with Crippen LogP contribution in [0.1, 0.15) is 24.6 Å². The molecule has 2 rings (SSSR count). The molecule has 0 spiro atoms. The Morgan fingerprint density at radius 1 is 1.30 bits per heavy atom. The van der Waals surface area contributed by atoms with Gasteiger partial charge in [0.2, 0.25) is 0 Å². The lowest BCUT2D eigenvalue weighted by Crippen LogP contribution is -2.53. The zero-order valence-electron chi connectivity index (χ0n) is 11.4. The first kappa shape index (κ1) is 14.0. The van der Waals surface area contributed by atoms with Crippen molar-refractivity contribution in [2.75, 3.05) is 19.6 Å². The molecule has 104 valence electrons. The third-order valence-corrected chi connectivity index (χ3v) is 3.20. The van der Waals surface area contributed by atoms with Crippen LogP contribution < -0.4 is 0 Å². The molecule has 20 heavy (non-hydrogen) atoms. The van der Waals surface area contributed by atoms with Crippen molar-refractivity contribution in [3.63, 3.8) is 0 Å². The van der Waals surface area contributed by atoms with Gasteiger partial charge in [-0.05, 0) is 24.1 Å². The Labute approximate surface area is 117 Å². The summed E-state index contributed by atoms with van der Waals surface area (Å²) in [5.74, 6) is -0.910. The monoisotopic (exact) mass is 272 g/mol. The first-order valence-electron chi connectivity index (χ1n) is 6.59. The highest BCUT2D eigenvalue weighted by atomic mass is 16.2. The fraction of sp³-hybridized carbons (Fsp3) is 0.429. The Hall–Kier alpha value is -2.42. The molecule has 0 N–H and O–H groups in total. The number of nitrogens with zero attached hydrogens (tertiary/aromatic N) is 4. The summed E-state index contributed by atoms with van der Waals surface area (Å²) < 4.78 is 0. The molecule has 0 radical (unpaired) electrons. The number of aromatic nitrogens is 1. The molecule has 0 bridgehead atoms. The zero-order valence-corrected chi connectivity index (χ0v) is 11.4. The molecule has 0 atom stereocenters. The lowest BCUT2D eigenvalue weighted by Gasteiger charge is -2.33. The van der Waals surface area contributed by atoms with Crippen molar-refractivity contribution in [1.29, 1.82) is 5.26 Å². The van der Waals surface area contributed by atoms with E-state index < -0.39 is 11.8 Å². The van der Waals surface area contributed by atoms with E-state index in [1.165, 1.54) is 11.1 Å². The molecule has 1 saturated heterocycles. The Bertz CT molecular complexity index is 565. The van der Waals surface area contributed by atoms with Crippen LogP contribution in [0.3, 0.4) is 0 Å². The number of carbonyl (C=O) groups excluding carboxylic acids is 2. The van der Waals surface area contributed by atoms with Crippen LogP contribution in [0.15, 0.2) is 18.3 Å². The van der Waals surface area contributed by atoms with Crippen LogP contribution in [-0.2, 0) is 16.1 Å². The molecule has 6 heteroatoms. The Balaban J connectivity index is 2.06. The summed E-state index contributed by atoms with van der Waals surface area (Å²) in [6.45, 7) is 4.02. The summed E-state index contributed by atoms with van der Waals surface area (Å²) in [6, 6.07) is 5.34. The molecule has 1 aromatic rings. The number of hydrogen-bond donors (Lipinski definition) is 0. The van der Waals surface area contributed by atoms with Gasteiger partial charge in [-0.25, -0.2) is 4.98 Å². The third kappa shape index (κ3) is 2.94. The number of piperazine rings is 1. The fourth-order valence-electron chi connectivity index (χ4n) is 2.20. The molecule has 1 fully saturated rings. The maximum Gasteiger partial charge on any atom is 0.312 e. The predicted molar refractivity (Wildman–Crippen MR) is 71.2 cm³/mol. The average Bonchev–Trinajstić information content (AvgIpc) is 2.47. The van der Waals surface area contributed by atoms with E-state index in [2.05, 4.69) is 4.98 Å². The maximum atomic E-state index is 12.0. The van der Waals surface area contributed by atoms with Crippen molar-refractivity contribution >= 4 is 11.8 Å². The van der Waals surface area contributed by atoms with Gasteiger partial charge in [-0.1, -0.05) is 6.92 Å². The minimum atomic E-state index is -0.472. The van der Waals surface area contributed by atoms with Gasteiger partial charge in [0.1, 0.15) is 11.8 Å². The highest BCUT2D eigenvalue weighted by molar-refractivity contribution is 6.35. The summed E-state index contributed by atoms with van der Waals surface area (Å²) in [4.78, 5) is 30.9. The van der Waals surface area contributed by atoms with Gasteiger partial charge in [0.15, 0.2) is 0 Å². The van der Waals surface area contributed by atoms with Crippen molar-refractivity contribution < 1.29 is 9.59 Å². The Morgan fingerprint density at radius 3 is 2.70 bits per heavy atom. The van der Waals surface area contributed by atoms with E-state index in [1.807, 2.05) is 13.0 Å². The summed E-state index contributed by atoms with van der Waals surface area (Å²) in [6.07, 6.45) is 2.38. The second-order valence-corrected chi connectivity index (χ2v) is 4.68. The average molecular weight is 272 g/mol. The van der Waals surface area contributed by atoms with E-state index in [4.69, 9.17) is 5.26 Å². The first-order chi connectivity index (χ1) is 9.65. The van der Waals surface area contributed by atoms with Crippen LogP contribution >= 0.6 is 0 Å². The first-order valence-corrected chi connectivity index (χ1v) is 6.59. The second kappa shape index (κ2) is 6.15. The van der Waals surface area contributed by atoms with Gasteiger partial charge in [0, 0.05) is 32.4 Å². The van der Waals surface area contributed by atoms with Gasteiger partial charge < -0.3 is 9.80 Å². The van der Waals surface area contributed by atoms with Crippen LogP contribution in [0.5, 0.6) is 0 Å². The fourth-order valence-corrected chi connectivity index (χ4v) is 2.20. The summed E-state index contributed by atoms with van der Waals surface area (Å²) in [7, 11) is 0. The van der Waals surface area contributed by atoms with Gasteiger partial charge in [-0.3, -0.25) is 9.59 Å². The van der Waals surface area contributed by atoms with Gasteiger partial charge >= 0.3 is 11.8 Å². The van der Waals surface area contributed by atoms with Crippen molar-refractivity contribution in [2.45, 2.75) is 19.9 Å². The standard InChI is InChI=1S/C14H16N4O2/c1-2-5-17-6-7-18(14(20)13(17)19)10-11-3-4-16-12(8-11)9-15/h3-4,8H,2,5-7,10H2,1H3. The number of pyridine rings is 1. The van der Waals surface area contributed by atoms with Crippen molar-refractivity contribution in [1.82, 2.24) is 14.8 Å². The minimum Gasteiger partial charge on any atom is -0.333 e. The number of hydrogen-bond acceptors (Lipinski definition) is 4. The molecular formula is C14H16N4O2. The van der Waals surface area contributed by atoms with Crippen LogP contribution in [-0.4, -0.2) is 46.2 Å². The smallest absolute Gasteiger partial charge is 0.312 e. The van der Waals surface area contributed by atoms with E-state index in [0.717, 1.165) is 12.0 Å². The SMILES string of the molecule is CCCN1CCN(Cc2ccnc(C#N)c2)C(=O)C1=O.